The number of nitrogens with zero attached hydrogens (tertiary/aromatic N) is 1. The van der Waals surface area contributed by atoms with Crippen LogP contribution in [-0.4, -0.2) is 47.8 Å². The van der Waals surface area contributed by atoms with Gasteiger partial charge >= 0.3 is 5.97 Å². The molecule has 0 saturated carbocycles. The van der Waals surface area contributed by atoms with Gasteiger partial charge in [0.2, 0.25) is 0 Å². The van der Waals surface area contributed by atoms with Gasteiger partial charge in [-0.25, -0.2) is 0 Å². The standard InChI is InChI=1S/C10H19NO3/c1-3-4-9(10(12)13)11-5-6-14-7-8(11)2/h8-9H,3-7H2,1-2H3,(H,12,13). The predicted molar refractivity (Wildman–Crippen MR) is 53.3 cm³/mol. The molecule has 1 heterocycles. The summed E-state index contributed by atoms with van der Waals surface area (Å²) >= 11 is 0. The summed E-state index contributed by atoms with van der Waals surface area (Å²) < 4.78 is 5.29. The van der Waals surface area contributed by atoms with Crippen LogP contribution >= 0.6 is 0 Å². The Hall–Kier alpha value is -0.610. The molecule has 82 valence electrons. The van der Waals surface area contributed by atoms with E-state index in [2.05, 4.69) is 0 Å². The Labute approximate surface area is 84.8 Å². The van der Waals surface area contributed by atoms with E-state index >= 15 is 0 Å². The molecule has 1 saturated heterocycles. The summed E-state index contributed by atoms with van der Waals surface area (Å²) in [5.74, 6) is -0.708. The van der Waals surface area contributed by atoms with Crippen molar-refractivity contribution in [3.8, 4) is 0 Å². The van der Waals surface area contributed by atoms with Crippen molar-refractivity contribution in [3.63, 3.8) is 0 Å². The van der Waals surface area contributed by atoms with Crippen LogP contribution in [0.4, 0.5) is 0 Å². The zero-order chi connectivity index (χ0) is 10.6. The first-order valence-corrected chi connectivity index (χ1v) is 5.23. The fraction of sp³-hybridized carbons (Fsp3) is 0.900. The van der Waals surface area contributed by atoms with Crippen LogP contribution in [0, 0.1) is 0 Å². The summed E-state index contributed by atoms with van der Waals surface area (Å²) in [6, 6.07) is -0.115. The van der Waals surface area contributed by atoms with Crippen molar-refractivity contribution in [1.29, 1.82) is 0 Å². The summed E-state index contributed by atoms with van der Waals surface area (Å²) in [4.78, 5) is 13.1. The second-order valence-corrected chi connectivity index (χ2v) is 3.80. The highest BCUT2D eigenvalue weighted by atomic mass is 16.5. The molecule has 0 spiro atoms. The molecular formula is C10H19NO3. The summed E-state index contributed by atoms with van der Waals surface area (Å²) in [5.41, 5.74) is 0. The van der Waals surface area contributed by atoms with E-state index < -0.39 is 5.97 Å². The molecule has 1 fully saturated rings. The molecule has 0 aromatic heterocycles. The maximum absolute atomic E-state index is 11.1. The summed E-state index contributed by atoms with van der Waals surface area (Å²) in [6.45, 7) is 6.06. The molecule has 2 atom stereocenters. The van der Waals surface area contributed by atoms with E-state index in [0.29, 0.717) is 13.2 Å². The van der Waals surface area contributed by atoms with Crippen molar-refractivity contribution < 1.29 is 14.6 Å². The van der Waals surface area contributed by atoms with Crippen LogP contribution in [0.1, 0.15) is 26.7 Å². The number of aliphatic carboxylic acids is 1. The number of rotatable bonds is 4. The monoisotopic (exact) mass is 201 g/mol. The van der Waals surface area contributed by atoms with Crippen LogP contribution in [0.15, 0.2) is 0 Å². The highest BCUT2D eigenvalue weighted by molar-refractivity contribution is 5.73. The Morgan fingerprint density at radius 3 is 2.93 bits per heavy atom. The second-order valence-electron chi connectivity index (χ2n) is 3.80. The van der Waals surface area contributed by atoms with E-state index in [0.717, 1.165) is 19.4 Å². The molecule has 0 aromatic carbocycles. The third kappa shape index (κ3) is 2.69. The molecule has 1 aliphatic heterocycles. The fourth-order valence-corrected chi connectivity index (χ4v) is 1.91. The van der Waals surface area contributed by atoms with Crippen molar-refractivity contribution >= 4 is 5.97 Å². The average Bonchev–Trinajstić information content (AvgIpc) is 2.15. The molecule has 0 radical (unpaired) electrons. The molecule has 0 bridgehead atoms. The van der Waals surface area contributed by atoms with E-state index in [1.807, 2.05) is 18.7 Å². The zero-order valence-corrected chi connectivity index (χ0v) is 8.90. The molecule has 1 rings (SSSR count). The third-order valence-electron chi connectivity index (χ3n) is 2.67. The molecule has 0 aliphatic carbocycles. The minimum atomic E-state index is -0.708. The van der Waals surface area contributed by atoms with E-state index in [-0.39, 0.29) is 12.1 Å². The van der Waals surface area contributed by atoms with Gasteiger partial charge in [-0.3, -0.25) is 9.69 Å². The number of carboxylic acid groups (broad SMARTS) is 1. The summed E-state index contributed by atoms with van der Waals surface area (Å²) in [6.07, 6.45) is 1.63. The SMILES string of the molecule is CCCC(C(=O)O)N1CCOCC1C. The maximum atomic E-state index is 11.1. The lowest BCUT2D eigenvalue weighted by atomic mass is 10.1. The molecule has 1 aliphatic rings. The van der Waals surface area contributed by atoms with Crippen molar-refractivity contribution in [2.45, 2.75) is 38.8 Å². The van der Waals surface area contributed by atoms with E-state index in [1.165, 1.54) is 0 Å². The van der Waals surface area contributed by atoms with Gasteiger partial charge in [-0.2, -0.15) is 0 Å². The number of hydrogen-bond donors (Lipinski definition) is 1. The van der Waals surface area contributed by atoms with Gasteiger partial charge in [0, 0.05) is 12.6 Å². The fourth-order valence-electron chi connectivity index (χ4n) is 1.91. The first kappa shape index (κ1) is 11.5. The third-order valence-corrected chi connectivity index (χ3v) is 2.67. The van der Waals surface area contributed by atoms with Gasteiger partial charge in [-0.1, -0.05) is 13.3 Å². The van der Waals surface area contributed by atoms with Crippen molar-refractivity contribution in [2.24, 2.45) is 0 Å². The van der Waals surface area contributed by atoms with Gasteiger partial charge < -0.3 is 9.84 Å². The number of carbonyl (C=O) groups is 1. The van der Waals surface area contributed by atoms with Crippen LogP contribution < -0.4 is 0 Å². The molecule has 0 amide bonds. The largest absolute Gasteiger partial charge is 0.480 e. The van der Waals surface area contributed by atoms with Crippen molar-refractivity contribution in [1.82, 2.24) is 4.90 Å². The highest BCUT2D eigenvalue weighted by Gasteiger charge is 2.30. The van der Waals surface area contributed by atoms with Crippen LogP contribution in [0.3, 0.4) is 0 Å². The molecule has 2 unspecified atom stereocenters. The quantitative estimate of drug-likeness (QED) is 0.736. The average molecular weight is 201 g/mol. The molecular weight excluding hydrogens is 182 g/mol. The Morgan fingerprint density at radius 1 is 1.71 bits per heavy atom. The molecule has 1 N–H and O–H groups in total. The first-order valence-electron chi connectivity index (χ1n) is 5.23. The predicted octanol–water partition coefficient (Wildman–Crippen LogP) is 0.960. The van der Waals surface area contributed by atoms with Crippen LogP contribution in [0.25, 0.3) is 0 Å². The van der Waals surface area contributed by atoms with Crippen LogP contribution in [0.2, 0.25) is 0 Å². The molecule has 14 heavy (non-hydrogen) atoms. The van der Waals surface area contributed by atoms with Gasteiger partial charge in [-0.15, -0.1) is 0 Å². The Bertz CT molecular complexity index is 196. The lowest BCUT2D eigenvalue weighted by molar-refractivity contribution is -0.147. The Kier molecular flexibility index (Phi) is 4.35. The summed E-state index contributed by atoms with van der Waals surface area (Å²) in [7, 11) is 0. The van der Waals surface area contributed by atoms with E-state index in [9.17, 15) is 4.79 Å². The molecule has 4 nitrogen and oxygen atoms in total. The van der Waals surface area contributed by atoms with Gasteiger partial charge in [0.1, 0.15) is 6.04 Å². The first-order chi connectivity index (χ1) is 6.66. The number of hydrogen-bond acceptors (Lipinski definition) is 3. The molecule has 0 aromatic rings. The minimum absolute atomic E-state index is 0.219. The van der Waals surface area contributed by atoms with Gasteiger partial charge in [0.15, 0.2) is 0 Å². The zero-order valence-electron chi connectivity index (χ0n) is 8.90. The highest BCUT2D eigenvalue weighted by Crippen LogP contribution is 2.14. The van der Waals surface area contributed by atoms with Crippen molar-refractivity contribution in [3.05, 3.63) is 0 Å². The lowest BCUT2D eigenvalue weighted by Crippen LogP contribution is -2.52. The van der Waals surface area contributed by atoms with Crippen LogP contribution in [0.5, 0.6) is 0 Å². The van der Waals surface area contributed by atoms with E-state index in [1.54, 1.807) is 0 Å². The van der Waals surface area contributed by atoms with Crippen LogP contribution in [-0.2, 0) is 9.53 Å². The van der Waals surface area contributed by atoms with Crippen molar-refractivity contribution in [2.75, 3.05) is 19.8 Å². The minimum Gasteiger partial charge on any atom is -0.480 e. The Morgan fingerprint density at radius 2 is 2.43 bits per heavy atom. The molecule has 4 heteroatoms. The normalized spacial score (nSPS) is 26.0. The number of ether oxygens (including phenoxy) is 1. The maximum Gasteiger partial charge on any atom is 0.320 e. The van der Waals surface area contributed by atoms with Gasteiger partial charge in [0.25, 0.3) is 0 Å². The second kappa shape index (κ2) is 5.32. The smallest absolute Gasteiger partial charge is 0.320 e. The Balaban J connectivity index is 2.60. The topological polar surface area (TPSA) is 49.8 Å². The lowest BCUT2D eigenvalue weighted by Gasteiger charge is -2.37. The summed E-state index contributed by atoms with van der Waals surface area (Å²) in [5, 5.41) is 9.09. The number of morpholine rings is 1. The number of carboxylic acids is 1. The van der Waals surface area contributed by atoms with Gasteiger partial charge in [0.05, 0.1) is 13.2 Å². The van der Waals surface area contributed by atoms with E-state index in [4.69, 9.17) is 9.84 Å². The van der Waals surface area contributed by atoms with Gasteiger partial charge in [-0.05, 0) is 13.3 Å².